The minimum absolute atomic E-state index is 0.00263. The van der Waals surface area contributed by atoms with E-state index in [0.29, 0.717) is 54.7 Å². The van der Waals surface area contributed by atoms with Gasteiger partial charge in [-0.3, -0.25) is 14.4 Å². The lowest BCUT2D eigenvalue weighted by Gasteiger charge is -2.30. The molecule has 42 heavy (non-hydrogen) atoms. The van der Waals surface area contributed by atoms with Crippen LogP contribution in [-0.2, 0) is 4.79 Å². The van der Waals surface area contributed by atoms with Gasteiger partial charge in [-0.2, -0.15) is 0 Å². The third kappa shape index (κ3) is 3.10. The summed E-state index contributed by atoms with van der Waals surface area (Å²) >= 11 is 0. The highest BCUT2D eigenvalue weighted by atomic mass is 16.5. The number of benzene rings is 5. The van der Waals surface area contributed by atoms with E-state index in [-0.39, 0.29) is 51.3 Å². The van der Waals surface area contributed by atoms with Crippen LogP contribution in [0.5, 0.6) is 28.7 Å². The van der Waals surface area contributed by atoms with Crippen molar-refractivity contribution >= 4 is 60.6 Å². The third-order valence-electron chi connectivity index (χ3n) is 9.11. The summed E-state index contributed by atoms with van der Waals surface area (Å²) in [5, 5.41) is 29.7. The summed E-state index contributed by atoms with van der Waals surface area (Å²) < 4.78 is 17.2. The Morgan fingerprint density at radius 2 is 1.38 bits per heavy atom. The zero-order chi connectivity index (χ0) is 29.8. The largest absolute Gasteiger partial charge is 0.505 e. The van der Waals surface area contributed by atoms with Gasteiger partial charge in [-0.05, 0) is 38.5 Å². The predicted molar refractivity (Wildman–Crippen MR) is 163 cm³/mol. The lowest BCUT2D eigenvalue weighted by Crippen LogP contribution is -2.27. The topological polar surface area (TPSA) is 131 Å². The molecule has 9 nitrogen and oxygen atoms in total. The van der Waals surface area contributed by atoms with Gasteiger partial charge in [-0.1, -0.05) is 11.6 Å². The first kappa shape index (κ1) is 26.1. The van der Waals surface area contributed by atoms with E-state index >= 15 is 0 Å². The van der Waals surface area contributed by atoms with Gasteiger partial charge < -0.3 is 29.7 Å². The Balaban J connectivity index is 1.94. The number of allylic oxidation sites excluding steroid dienone is 1. The van der Waals surface area contributed by atoms with E-state index in [0.717, 1.165) is 19.3 Å². The van der Waals surface area contributed by atoms with Crippen LogP contribution in [0.25, 0.3) is 49.2 Å². The number of ether oxygens (including phenoxy) is 3. The zero-order valence-electron chi connectivity index (χ0n) is 23.9. The maximum absolute atomic E-state index is 13.7. The van der Waals surface area contributed by atoms with Crippen LogP contribution in [-0.4, -0.2) is 43.4 Å². The van der Waals surface area contributed by atoms with E-state index in [9.17, 15) is 24.6 Å². The second-order valence-corrected chi connectivity index (χ2v) is 11.3. The van der Waals surface area contributed by atoms with E-state index in [1.54, 1.807) is 0 Å². The summed E-state index contributed by atoms with van der Waals surface area (Å²) in [4.78, 5) is 40.8. The molecule has 2 aliphatic rings. The first-order chi connectivity index (χ1) is 20.1. The molecular weight excluding hydrogens is 538 g/mol. The molecular formula is C33H29NO8. The average Bonchev–Trinajstić information content (AvgIpc) is 3.05. The van der Waals surface area contributed by atoms with Crippen LogP contribution in [0.1, 0.15) is 50.2 Å². The van der Waals surface area contributed by atoms with E-state index in [2.05, 4.69) is 5.32 Å². The number of phenols is 2. The highest BCUT2D eigenvalue weighted by Crippen LogP contribution is 2.58. The fraction of sp³-hybridized carbons (Fsp3) is 0.303. The van der Waals surface area contributed by atoms with Gasteiger partial charge in [-0.15, -0.1) is 0 Å². The van der Waals surface area contributed by atoms with E-state index in [4.69, 9.17) is 14.2 Å². The molecule has 1 fully saturated rings. The summed E-state index contributed by atoms with van der Waals surface area (Å²) in [6, 6.07) is 2.70. The first-order valence-corrected chi connectivity index (χ1v) is 13.8. The summed E-state index contributed by atoms with van der Waals surface area (Å²) in [5.74, 6) is -1.19. The zero-order valence-corrected chi connectivity index (χ0v) is 23.9. The second-order valence-electron chi connectivity index (χ2n) is 11.3. The second kappa shape index (κ2) is 8.85. The molecule has 5 aromatic carbocycles. The number of rotatable bonds is 6. The Kier molecular flexibility index (Phi) is 5.51. The summed E-state index contributed by atoms with van der Waals surface area (Å²) in [6.07, 6.45) is 4.71. The van der Waals surface area contributed by atoms with Crippen LogP contribution in [0.15, 0.2) is 27.3 Å². The number of nitrogens with one attached hydrogen (secondary N) is 1. The molecule has 9 heteroatoms. The molecule has 0 radical (unpaired) electrons. The van der Waals surface area contributed by atoms with Gasteiger partial charge in [0.05, 0.1) is 43.7 Å². The van der Waals surface area contributed by atoms with Crippen molar-refractivity contribution in [1.29, 1.82) is 0 Å². The molecule has 0 aromatic heterocycles. The number of aromatic hydroxyl groups is 2. The molecule has 2 aliphatic carbocycles. The van der Waals surface area contributed by atoms with Crippen molar-refractivity contribution in [3.05, 3.63) is 49.3 Å². The monoisotopic (exact) mass is 567 g/mol. The Labute approximate surface area is 239 Å². The van der Waals surface area contributed by atoms with Crippen LogP contribution >= 0.6 is 0 Å². The molecule has 1 unspecified atom stereocenters. The highest BCUT2D eigenvalue weighted by Gasteiger charge is 2.37. The first-order valence-electron chi connectivity index (χ1n) is 13.8. The van der Waals surface area contributed by atoms with Gasteiger partial charge in [0.25, 0.3) is 0 Å². The number of methoxy groups -OCH3 is 3. The SMILES string of the molecule is COc1c(O)c2c(=O)cc(OC)c3c4c(OC)cc(=O)c5c(O)c(NC6CCC6)c6c(c(c1C(C(C)=O)C(C)=C6)c23)c54. The van der Waals surface area contributed by atoms with Crippen molar-refractivity contribution in [2.24, 2.45) is 0 Å². The summed E-state index contributed by atoms with van der Waals surface area (Å²) in [7, 11) is 4.25. The Morgan fingerprint density at radius 1 is 0.810 bits per heavy atom. The smallest absolute Gasteiger partial charge is 0.194 e. The van der Waals surface area contributed by atoms with Gasteiger partial charge in [0.15, 0.2) is 28.1 Å². The quantitative estimate of drug-likeness (QED) is 0.140. The molecule has 0 aliphatic heterocycles. The number of ketones is 1. The fourth-order valence-electron chi connectivity index (χ4n) is 7.17. The molecule has 7 rings (SSSR count). The number of carbonyl (C=O) groups excluding carboxylic acids is 1. The van der Waals surface area contributed by atoms with Crippen LogP contribution in [0.2, 0.25) is 0 Å². The van der Waals surface area contributed by atoms with E-state index in [1.165, 1.54) is 40.4 Å². The molecule has 1 atom stereocenters. The Morgan fingerprint density at radius 3 is 1.88 bits per heavy atom. The molecule has 0 bridgehead atoms. The minimum Gasteiger partial charge on any atom is -0.505 e. The fourth-order valence-corrected chi connectivity index (χ4v) is 7.17. The third-order valence-corrected chi connectivity index (χ3v) is 9.11. The molecule has 214 valence electrons. The van der Waals surface area contributed by atoms with E-state index < -0.39 is 16.8 Å². The van der Waals surface area contributed by atoms with Gasteiger partial charge in [0.1, 0.15) is 17.3 Å². The van der Waals surface area contributed by atoms with Crippen LogP contribution in [0, 0.1) is 0 Å². The predicted octanol–water partition coefficient (Wildman–Crippen LogP) is 5.39. The van der Waals surface area contributed by atoms with Crippen molar-refractivity contribution in [3.63, 3.8) is 0 Å². The lowest BCUT2D eigenvalue weighted by molar-refractivity contribution is -0.117. The maximum Gasteiger partial charge on any atom is 0.194 e. The van der Waals surface area contributed by atoms with Crippen molar-refractivity contribution < 1.29 is 29.2 Å². The van der Waals surface area contributed by atoms with Crippen LogP contribution in [0.4, 0.5) is 5.69 Å². The van der Waals surface area contributed by atoms with Crippen molar-refractivity contribution in [2.45, 2.75) is 45.1 Å². The maximum atomic E-state index is 13.7. The van der Waals surface area contributed by atoms with Crippen LogP contribution in [0.3, 0.4) is 0 Å². The molecule has 0 heterocycles. The number of Topliss-reactive ketones (excluding diaryl/α,β-unsaturated/α-hetero) is 1. The molecule has 5 aromatic rings. The van der Waals surface area contributed by atoms with Gasteiger partial charge in [0, 0.05) is 56.2 Å². The number of phenolic OH excluding ortho intramolecular Hbond substituents is 2. The standard InChI is InChI=1S/C33H29NO8/c1-12-9-15-21-26-22(31(38)30(15)34-14-7-6-8-14)16(36)10-18(40-3)24(26)25-19(41-4)11-17(37)23-28(25)27(21)29(20(12)13(2)35)33(42-5)32(23)39/h9-11,14,20,34,38-39H,6-8H2,1-5H3. The number of anilines is 1. The van der Waals surface area contributed by atoms with Crippen molar-refractivity contribution in [2.75, 3.05) is 26.6 Å². The minimum atomic E-state index is -0.848. The molecule has 0 spiro atoms. The van der Waals surface area contributed by atoms with Crippen molar-refractivity contribution in [3.8, 4) is 28.7 Å². The normalized spacial score (nSPS) is 16.7. The Bertz CT molecular complexity index is 2160. The van der Waals surface area contributed by atoms with Crippen LogP contribution < -0.4 is 30.4 Å². The molecule has 0 saturated heterocycles. The summed E-state index contributed by atoms with van der Waals surface area (Å²) in [5.41, 5.74) is 1.07. The average molecular weight is 568 g/mol. The number of hydrogen-bond donors (Lipinski definition) is 3. The molecule has 0 amide bonds. The number of carbonyl (C=O) groups is 1. The van der Waals surface area contributed by atoms with E-state index in [1.807, 2.05) is 13.0 Å². The van der Waals surface area contributed by atoms with Crippen molar-refractivity contribution in [1.82, 2.24) is 0 Å². The summed E-state index contributed by atoms with van der Waals surface area (Å²) in [6.45, 7) is 3.28. The molecule has 3 N–H and O–H groups in total. The van der Waals surface area contributed by atoms with Gasteiger partial charge in [-0.25, -0.2) is 0 Å². The van der Waals surface area contributed by atoms with Gasteiger partial charge >= 0.3 is 0 Å². The Hall–Kier alpha value is -4.79. The van der Waals surface area contributed by atoms with Gasteiger partial charge in [0.2, 0.25) is 0 Å². The highest BCUT2D eigenvalue weighted by molar-refractivity contribution is 6.40. The number of hydrogen-bond acceptors (Lipinski definition) is 9. The number of fused-ring (bicyclic) bond motifs is 1. The molecule has 1 saturated carbocycles. The lowest BCUT2D eigenvalue weighted by atomic mass is 9.80.